The van der Waals surface area contributed by atoms with Gasteiger partial charge in [-0.15, -0.1) is 10.2 Å². The molecule has 1 aliphatic carbocycles. The average molecular weight is 367 g/mol. The van der Waals surface area contributed by atoms with Gasteiger partial charge < -0.3 is 4.90 Å². The molecule has 128 valence electrons. The number of nitrogens with zero attached hydrogens (tertiary/aromatic N) is 4. The molecule has 0 amide bonds. The van der Waals surface area contributed by atoms with Gasteiger partial charge in [0.2, 0.25) is 5.95 Å². The van der Waals surface area contributed by atoms with E-state index < -0.39 is 0 Å². The van der Waals surface area contributed by atoms with Crippen molar-refractivity contribution in [1.29, 1.82) is 0 Å². The number of halogens is 2. The first kappa shape index (κ1) is 16.2. The Bertz CT molecular complexity index is 705. The van der Waals surface area contributed by atoms with E-state index in [2.05, 4.69) is 19.7 Å². The highest BCUT2D eigenvalue weighted by Crippen LogP contribution is 2.42. The number of thioether (sulfide) groups is 1. The van der Waals surface area contributed by atoms with Gasteiger partial charge in [0.15, 0.2) is 5.16 Å². The third kappa shape index (κ3) is 3.26. The standard InChI is InChI=1S/C17H20ClFN4S/c18-14-5-4-6-15(19)13(14)11-24-17-21-20-16(23(17)12-7-8-12)22-9-2-1-3-10-22/h4-6,12H,1-3,7-11H2. The van der Waals surface area contributed by atoms with E-state index in [1.54, 1.807) is 12.1 Å². The van der Waals surface area contributed by atoms with Gasteiger partial charge in [0, 0.05) is 35.5 Å². The van der Waals surface area contributed by atoms with Crippen molar-refractivity contribution in [3.63, 3.8) is 0 Å². The minimum absolute atomic E-state index is 0.260. The van der Waals surface area contributed by atoms with Gasteiger partial charge in [-0.2, -0.15) is 0 Å². The van der Waals surface area contributed by atoms with Crippen LogP contribution >= 0.6 is 23.4 Å². The average Bonchev–Trinajstić information content (AvgIpc) is 3.35. The van der Waals surface area contributed by atoms with Crippen molar-refractivity contribution in [1.82, 2.24) is 14.8 Å². The van der Waals surface area contributed by atoms with Crippen LogP contribution in [0.15, 0.2) is 23.4 Å². The van der Waals surface area contributed by atoms with Crippen LogP contribution < -0.4 is 4.90 Å². The monoisotopic (exact) mass is 366 g/mol. The van der Waals surface area contributed by atoms with E-state index in [-0.39, 0.29) is 5.82 Å². The number of benzene rings is 1. The molecule has 1 saturated carbocycles. The van der Waals surface area contributed by atoms with E-state index in [9.17, 15) is 4.39 Å². The van der Waals surface area contributed by atoms with Crippen molar-refractivity contribution >= 4 is 29.3 Å². The summed E-state index contributed by atoms with van der Waals surface area (Å²) in [5.74, 6) is 1.19. The summed E-state index contributed by atoms with van der Waals surface area (Å²) < 4.78 is 16.2. The highest BCUT2D eigenvalue weighted by Gasteiger charge is 2.32. The third-order valence-electron chi connectivity index (χ3n) is 4.60. The molecular formula is C17H20ClFN4S. The minimum Gasteiger partial charge on any atom is -0.341 e. The highest BCUT2D eigenvalue weighted by atomic mass is 35.5. The maximum absolute atomic E-state index is 14.0. The molecule has 1 aromatic heterocycles. The Balaban J connectivity index is 1.56. The van der Waals surface area contributed by atoms with Gasteiger partial charge in [0.25, 0.3) is 0 Å². The molecule has 4 rings (SSSR count). The molecular weight excluding hydrogens is 347 g/mol. The molecule has 1 aliphatic heterocycles. The Morgan fingerprint density at radius 2 is 1.96 bits per heavy atom. The van der Waals surface area contributed by atoms with Gasteiger partial charge in [0.05, 0.1) is 0 Å². The van der Waals surface area contributed by atoms with Crippen LogP contribution in [0.2, 0.25) is 5.02 Å². The number of rotatable bonds is 5. The van der Waals surface area contributed by atoms with E-state index in [1.165, 1.54) is 49.9 Å². The highest BCUT2D eigenvalue weighted by molar-refractivity contribution is 7.98. The second-order valence-electron chi connectivity index (χ2n) is 6.42. The zero-order valence-corrected chi connectivity index (χ0v) is 15.0. The fraction of sp³-hybridized carbons (Fsp3) is 0.529. The molecule has 4 nitrogen and oxygen atoms in total. The van der Waals surface area contributed by atoms with Crippen molar-refractivity contribution in [2.75, 3.05) is 18.0 Å². The van der Waals surface area contributed by atoms with E-state index in [1.807, 2.05) is 0 Å². The molecule has 2 heterocycles. The number of aromatic nitrogens is 3. The van der Waals surface area contributed by atoms with Crippen LogP contribution in [0.3, 0.4) is 0 Å². The number of piperidine rings is 1. The van der Waals surface area contributed by atoms with Gasteiger partial charge in [0.1, 0.15) is 5.82 Å². The molecule has 0 spiro atoms. The van der Waals surface area contributed by atoms with Crippen molar-refractivity contribution in [3.05, 3.63) is 34.6 Å². The third-order valence-corrected chi connectivity index (χ3v) is 5.93. The quantitative estimate of drug-likeness (QED) is 0.719. The molecule has 2 fully saturated rings. The molecule has 0 bridgehead atoms. The predicted molar refractivity (Wildman–Crippen MR) is 95.3 cm³/mol. The zero-order valence-electron chi connectivity index (χ0n) is 13.4. The molecule has 2 aromatic rings. The first-order chi connectivity index (χ1) is 11.7. The molecule has 0 N–H and O–H groups in total. The van der Waals surface area contributed by atoms with Gasteiger partial charge in [-0.1, -0.05) is 29.4 Å². The molecule has 7 heteroatoms. The minimum atomic E-state index is -0.260. The van der Waals surface area contributed by atoms with Crippen LogP contribution in [0.4, 0.5) is 10.3 Å². The maximum atomic E-state index is 14.0. The summed E-state index contributed by atoms with van der Waals surface area (Å²) in [6, 6.07) is 5.31. The van der Waals surface area contributed by atoms with Crippen molar-refractivity contribution in [2.45, 2.75) is 49.1 Å². The first-order valence-corrected chi connectivity index (χ1v) is 9.86. The smallest absolute Gasteiger partial charge is 0.228 e. The zero-order chi connectivity index (χ0) is 16.5. The summed E-state index contributed by atoms with van der Waals surface area (Å²) in [5, 5.41) is 10.2. The van der Waals surface area contributed by atoms with Crippen molar-refractivity contribution in [2.24, 2.45) is 0 Å². The lowest BCUT2D eigenvalue weighted by Gasteiger charge is -2.27. The fourth-order valence-electron chi connectivity index (χ4n) is 3.14. The lowest BCUT2D eigenvalue weighted by Crippen LogP contribution is -2.31. The fourth-order valence-corrected chi connectivity index (χ4v) is 4.48. The van der Waals surface area contributed by atoms with Crippen LogP contribution in [0.25, 0.3) is 0 Å². The number of anilines is 1. The Hall–Kier alpha value is -1.27. The summed E-state index contributed by atoms with van der Waals surface area (Å²) in [4.78, 5) is 2.34. The van der Waals surface area contributed by atoms with Crippen LogP contribution in [0.1, 0.15) is 43.7 Å². The summed E-state index contributed by atoms with van der Waals surface area (Å²) in [6.07, 6.45) is 6.07. The van der Waals surface area contributed by atoms with Gasteiger partial charge in [-0.3, -0.25) is 4.57 Å². The number of hydrogen-bond donors (Lipinski definition) is 0. The molecule has 0 radical (unpaired) electrons. The summed E-state index contributed by atoms with van der Waals surface area (Å²) in [6.45, 7) is 2.10. The van der Waals surface area contributed by atoms with Gasteiger partial charge in [-0.25, -0.2) is 4.39 Å². The Kier molecular flexibility index (Phi) is 4.68. The normalized spacial score (nSPS) is 18.2. The van der Waals surface area contributed by atoms with Gasteiger partial charge in [-0.05, 0) is 44.2 Å². The first-order valence-electron chi connectivity index (χ1n) is 8.49. The molecule has 0 atom stereocenters. The Morgan fingerprint density at radius 3 is 2.67 bits per heavy atom. The summed E-state index contributed by atoms with van der Waals surface area (Å²) >= 11 is 7.65. The maximum Gasteiger partial charge on any atom is 0.228 e. The van der Waals surface area contributed by atoms with E-state index in [0.29, 0.717) is 22.4 Å². The van der Waals surface area contributed by atoms with E-state index >= 15 is 0 Å². The lowest BCUT2D eigenvalue weighted by atomic mass is 10.1. The van der Waals surface area contributed by atoms with Crippen LogP contribution in [-0.2, 0) is 5.75 Å². The molecule has 24 heavy (non-hydrogen) atoms. The lowest BCUT2D eigenvalue weighted by molar-refractivity contribution is 0.548. The van der Waals surface area contributed by atoms with Crippen LogP contribution in [-0.4, -0.2) is 27.9 Å². The van der Waals surface area contributed by atoms with E-state index in [0.717, 1.165) is 24.2 Å². The summed E-state index contributed by atoms with van der Waals surface area (Å²) in [7, 11) is 0. The van der Waals surface area contributed by atoms with Crippen molar-refractivity contribution in [3.8, 4) is 0 Å². The SMILES string of the molecule is Fc1cccc(Cl)c1CSc1nnc(N2CCCCC2)n1C1CC1. The van der Waals surface area contributed by atoms with Crippen LogP contribution in [0.5, 0.6) is 0 Å². The molecule has 1 saturated heterocycles. The van der Waals surface area contributed by atoms with E-state index in [4.69, 9.17) is 11.6 Å². The second-order valence-corrected chi connectivity index (χ2v) is 7.77. The molecule has 0 unspecified atom stereocenters. The van der Waals surface area contributed by atoms with Crippen molar-refractivity contribution < 1.29 is 4.39 Å². The topological polar surface area (TPSA) is 34.0 Å². The number of hydrogen-bond acceptors (Lipinski definition) is 4. The Morgan fingerprint density at radius 1 is 1.17 bits per heavy atom. The largest absolute Gasteiger partial charge is 0.341 e. The second kappa shape index (κ2) is 6.92. The molecule has 1 aromatic carbocycles. The predicted octanol–water partition coefficient (Wildman–Crippen LogP) is 4.69. The van der Waals surface area contributed by atoms with Crippen LogP contribution in [0, 0.1) is 5.82 Å². The summed E-state index contributed by atoms with van der Waals surface area (Å²) in [5.41, 5.74) is 0.536. The van der Waals surface area contributed by atoms with Gasteiger partial charge >= 0.3 is 0 Å². The molecule has 2 aliphatic rings. The Labute approximate surface area is 150 Å².